The van der Waals surface area contributed by atoms with E-state index in [1.807, 2.05) is 0 Å². The molecule has 0 aromatic heterocycles. The molecule has 0 heteroatoms. The zero-order valence-corrected chi connectivity index (χ0v) is 7.83. The van der Waals surface area contributed by atoms with E-state index in [0.717, 1.165) is 17.8 Å². The fourth-order valence-corrected chi connectivity index (χ4v) is 2.03. The summed E-state index contributed by atoms with van der Waals surface area (Å²) in [5.41, 5.74) is 1.54. The first kappa shape index (κ1) is 7.85. The summed E-state index contributed by atoms with van der Waals surface area (Å²) in [6.45, 7) is 4.65. The zero-order chi connectivity index (χ0) is 8.55. The molecule has 0 bridgehead atoms. The molecule has 1 saturated carbocycles. The molecular formula is C12H16. The summed E-state index contributed by atoms with van der Waals surface area (Å²) in [7, 11) is 0. The van der Waals surface area contributed by atoms with Crippen LogP contribution in [0.3, 0.4) is 0 Å². The van der Waals surface area contributed by atoms with Crippen LogP contribution in [0, 0.1) is 11.8 Å². The van der Waals surface area contributed by atoms with Crippen molar-refractivity contribution < 1.29 is 0 Å². The average molecular weight is 160 g/mol. The van der Waals surface area contributed by atoms with Gasteiger partial charge in [-0.1, -0.05) is 44.2 Å². The van der Waals surface area contributed by atoms with E-state index in [1.54, 1.807) is 0 Å². The minimum absolute atomic E-state index is 0.857. The predicted molar refractivity (Wildman–Crippen MR) is 52.1 cm³/mol. The second kappa shape index (κ2) is 2.93. The third-order valence-corrected chi connectivity index (χ3v) is 2.92. The van der Waals surface area contributed by atoms with Crippen LogP contribution < -0.4 is 0 Å². The van der Waals surface area contributed by atoms with Crippen LogP contribution in [0.4, 0.5) is 0 Å². The van der Waals surface area contributed by atoms with Crippen LogP contribution >= 0.6 is 0 Å². The molecule has 1 aromatic carbocycles. The van der Waals surface area contributed by atoms with Gasteiger partial charge in [0, 0.05) is 0 Å². The van der Waals surface area contributed by atoms with Crippen molar-refractivity contribution in [1.29, 1.82) is 0 Å². The lowest BCUT2D eigenvalue weighted by molar-refractivity contribution is 0.549. The van der Waals surface area contributed by atoms with Crippen molar-refractivity contribution in [2.24, 2.45) is 11.8 Å². The second-order valence-corrected chi connectivity index (χ2v) is 4.16. The maximum Gasteiger partial charge on any atom is -0.0128 e. The third-order valence-electron chi connectivity index (χ3n) is 2.92. The van der Waals surface area contributed by atoms with Gasteiger partial charge in [-0.25, -0.2) is 0 Å². The average Bonchev–Trinajstić information content (AvgIpc) is 2.84. The van der Waals surface area contributed by atoms with Gasteiger partial charge in [0.2, 0.25) is 0 Å². The highest BCUT2D eigenvalue weighted by atomic mass is 14.4. The summed E-state index contributed by atoms with van der Waals surface area (Å²) >= 11 is 0. The zero-order valence-electron chi connectivity index (χ0n) is 7.83. The van der Waals surface area contributed by atoms with Crippen LogP contribution in [0.15, 0.2) is 30.3 Å². The maximum atomic E-state index is 2.33. The Hall–Kier alpha value is -0.780. The number of benzene rings is 1. The van der Waals surface area contributed by atoms with E-state index in [4.69, 9.17) is 0 Å². The maximum absolute atomic E-state index is 2.33. The van der Waals surface area contributed by atoms with Gasteiger partial charge in [-0.15, -0.1) is 0 Å². The lowest BCUT2D eigenvalue weighted by atomic mass is 10.0. The molecule has 2 rings (SSSR count). The summed E-state index contributed by atoms with van der Waals surface area (Å²) in [4.78, 5) is 0. The predicted octanol–water partition coefficient (Wildman–Crippen LogP) is 3.45. The molecule has 0 spiro atoms. The lowest BCUT2D eigenvalue weighted by Crippen LogP contribution is -1.91. The van der Waals surface area contributed by atoms with E-state index in [1.165, 1.54) is 12.0 Å². The Kier molecular flexibility index (Phi) is 1.92. The molecule has 0 radical (unpaired) electrons. The molecule has 0 aliphatic heterocycles. The van der Waals surface area contributed by atoms with Crippen molar-refractivity contribution in [3.8, 4) is 0 Å². The molecule has 1 unspecified atom stereocenters. The van der Waals surface area contributed by atoms with Crippen LogP contribution in [-0.4, -0.2) is 0 Å². The van der Waals surface area contributed by atoms with Crippen LogP contribution in [0.5, 0.6) is 0 Å². The minimum Gasteiger partial charge on any atom is -0.0625 e. The van der Waals surface area contributed by atoms with E-state index >= 15 is 0 Å². The minimum atomic E-state index is 0.857. The summed E-state index contributed by atoms with van der Waals surface area (Å²) in [5.74, 6) is 2.67. The molecule has 0 heterocycles. The molecule has 1 aliphatic rings. The fraction of sp³-hybridized carbons (Fsp3) is 0.500. The van der Waals surface area contributed by atoms with Crippen molar-refractivity contribution in [2.45, 2.75) is 26.2 Å². The highest BCUT2D eigenvalue weighted by molar-refractivity contribution is 5.25. The topological polar surface area (TPSA) is 0 Å². The number of hydrogen-bond acceptors (Lipinski definition) is 0. The molecule has 1 fully saturated rings. The van der Waals surface area contributed by atoms with Gasteiger partial charge in [0.25, 0.3) is 0 Å². The molecule has 0 nitrogen and oxygen atoms in total. The van der Waals surface area contributed by atoms with Crippen molar-refractivity contribution in [3.05, 3.63) is 35.9 Å². The van der Waals surface area contributed by atoms with Gasteiger partial charge in [-0.3, -0.25) is 0 Å². The van der Waals surface area contributed by atoms with Crippen molar-refractivity contribution in [3.63, 3.8) is 0 Å². The largest absolute Gasteiger partial charge is 0.0625 e. The van der Waals surface area contributed by atoms with Crippen molar-refractivity contribution in [2.75, 3.05) is 0 Å². The first-order valence-electron chi connectivity index (χ1n) is 4.84. The molecule has 64 valence electrons. The highest BCUT2D eigenvalue weighted by Gasteiger charge is 2.39. The van der Waals surface area contributed by atoms with Crippen molar-refractivity contribution >= 4 is 0 Å². The SMILES string of the molecule is CC(C)C1C[C@@H]1c1ccccc1. The molecule has 12 heavy (non-hydrogen) atoms. The van der Waals surface area contributed by atoms with Crippen molar-refractivity contribution in [1.82, 2.24) is 0 Å². The Morgan fingerprint density at radius 3 is 2.33 bits per heavy atom. The monoisotopic (exact) mass is 160 g/mol. The molecule has 2 atom stereocenters. The standard InChI is InChI=1S/C12H16/c1-9(2)11-8-12(11)10-6-4-3-5-7-10/h3-7,9,11-12H,8H2,1-2H3/t11?,12-/m1/s1. The Bertz CT molecular complexity index is 248. The van der Waals surface area contributed by atoms with Gasteiger partial charge in [0.1, 0.15) is 0 Å². The smallest absolute Gasteiger partial charge is 0.0128 e. The van der Waals surface area contributed by atoms with Gasteiger partial charge in [-0.2, -0.15) is 0 Å². The quantitative estimate of drug-likeness (QED) is 0.621. The normalized spacial score (nSPS) is 27.6. The van der Waals surface area contributed by atoms with Crippen LogP contribution in [0.1, 0.15) is 31.7 Å². The van der Waals surface area contributed by atoms with Gasteiger partial charge >= 0.3 is 0 Å². The van der Waals surface area contributed by atoms with Gasteiger partial charge in [0.15, 0.2) is 0 Å². The van der Waals surface area contributed by atoms with E-state index in [-0.39, 0.29) is 0 Å². The van der Waals surface area contributed by atoms with Gasteiger partial charge < -0.3 is 0 Å². The second-order valence-electron chi connectivity index (χ2n) is 4.16. The molecule has 0 saturated heterocycles. The van der Waals surface area contributed by atoms with Crippen LogP contribution in [0.2, 0.25) is 0 Å². The first-order chi connectivity index (χ1) is 5.79. The van der Waals surface area contributed by atoms with E-state index in [2.05, 4.69) is 44.2 Å². The van der Waals surface area contributed by atoms with Crippen LogP contribution in [-0.2, 0) is 0 Å². The van der Waals surface area contributed by atoms with Gasteiger partial charge in [-0.05, 0) is 29.7 Å². The molecular weight excluding hydrogens is 144 g/mol. The van der Waals surface area contributed by atoms with E-state index in [0.29, 0.717) is 0 Å². The molecule has 1 aromatic rings. The summed E-state index contributed by atoms with van der Waals surface area (Å²) in [5, 5.41) is 0. The van der Waals surface area contributed by atoms with E-state index in [9.17, 15) is 0 Å². The Morgan fingerprint density at radius 1 is 1.17 bits per heavy atom. The summed E-state index contributed by atoms with van der Waals surface area (Å²) < 4.78 is 0. The fourth-order valence-electron chi connectivity index (χ4n) is 2.03. The first-order valence-corrected chi connectivity index (χ1v) is 4.84. The van der Waals surface area contributed by atoms with Gasteiger partial charge in [0.05, 0.1) is 0 Å². The highest BCUT2D eigenvalue weighted by Crippen LogP contribution is 2.51. The Labute approximate surface area is 74.6 Å². The number of hydrogen-bond donors (Lipinski definition) is 0. The summed E-state index contributed by atoms with van der Waals surface area (Å²) in [6, 6.07) is 10.9. The molecule has 1 aliphatic carbocycles. The molecule has 0 amide bonds. The number of rotatable bonds is 2. The van der Waals surface area contributed by atoms with Crippen LogP contribution in [0.25, 0.3) is 0 Å². The Balaban J connectivity index is 2.06. The Morgan fingerprint density at radius 2 is 1.83 bits per heavy atom. The third kappa shape index (κ3) is 1.38. The molecule has 0 N–H and O–H groups in total. The summed E-state index contributed by atoms with van der Waals surface area (Å²) in [6.07, 6.45) is 1.40. The lowest BCUT2D eigenvalue weighted by Gasteiger charge is -2.02. The van der Waals surface area contributed by atoms with E-state index < -0.39 is 0 Å².